The standard InChI is InChI=1S/C13H9Cl3O4/c1-19-9-4-6(2-3-7(9)14)8(17)5-10-11(15)12(16)13(18)20-10/h2-4,10H,5H2,1H3/t10-/m0/s1. The third-order valence-electron chi connectivity index (χ3n) is 2.76. The van der Waals surface area contributed by atoms with Gasteiger partial charge in [-0.15, -0.1) is 0 Å². The molecule has 0 aliphatic carbocycles. The molecule has 0 N–H and O–H groups in total. The zero-order chi connectivity index (χ0) is 14.9. The molecule has 0 saturated heterocycles. The Kier molecular flexibility index (Phi) is 4.58. The lowest BCUT2D eigenvalue weighted by Crippen LogP contribution is -2.15. The molecule has 4 nitrogen and oxygen atoms in total. The molecule has 7 heteroatoms. The number of halogens is 3. The van der Waals surface area contributed by atoms with Gasteiger partial charge < -0.3 is 9.47 Å². The van der Waals surface area contributed by atoms with Crippen molar-refractivity contribution in [2.24, 2.45) is 0 Å². The highest BCUT2D eigenvalue weighted by Crippen LogP contribution is 2.32. The van der Waals surface area contributed by atoms with Crippen LogP contribution in [-0.4, -0.2) is 25.0 Å². The summed E-state index contributed by atoms with van der Waals surface area (Å²) in [4.78, 5) is 23.3. The summed E-state index contributed by atoms with van der Waals surface area (Å²) in [5, 5.41) is 0.265. The van der Waals surface area contributed by atoms with Crippen LogP contribution in [0.4, 0.5) is 0 Å². The van der Waals surface area contributed by atoms with Gasteiger partial charge in [-0.3, -0.25) is 4.79 Å². The Bertz CT molecular complexity index is 610. The third kappa shape index (κ3) is 2.92. The number of methoxy groups -OCH3 is 1. The Morgan fingerprint density at radius 2 is 2.05 bits per heavy atom. The molecule has 106 valence electrons. The number of hydrogen-bond acceptors (Lipinski definition) is 4. The minimum Gasteiger partial charge on any atom is -0.495 e. The SMILES string of the molecule is COc1cc(C(=O)C[C@@H]2OC(=O)C(Cl)=C2Cl)ccc1Cl. The summed E-state index contributed by atoms with van der Waals surface area (Å²) < 4.78 is 9.94. The summed E-state index contributed by atoms with van der Waals surface area (Å²) in [5.41, 5.74) is 0.384. The molecule has 0 bridgehead atoms. The molecule has 1 aromatic rings. The number of ketones is 1. The van der Waals surface area contributed by atoms with E-state index in [1.54, 1.807) is 12.1 Å². The van der Waals surface area contributed by atoms with Crippen LogP contribution in [0, 0.1) is 0 Å². The molecule has 1 aliphatic rings. The lowest BCUT2D eigenvalue weighted by atomic mass is 10.0. The van der Waals surface area contributed by atoms with Gasteiger partial charge >= 0.3 is 5.97 Å². The second kappa shape index (κ2) is 6.04. The summed E-state index contributed by atoms with van der Waals surface area (Å²) in [6.45, 7) is 0. The van der Waals surface area contributed by atoms with E-state index in [9.17, 15) is 9.59 Å². The number of ether oxygens (including phenoxy) is 2. The van der Waals surface area contributed by atoms with E-state index in [2.05, 4.69) is 0 Å². The van der Waals surface area contributed by atoms with Crippen LogP contribution in [0.5, 0.6) is 5.75 Å². The largest absolute Gasteiger partial charge is 0.495 e. The molecule has 1 aliphatic heterocycles. The lowest BCUT2D eigenvalue weighted by molar-refractivity contribution is -0.138. The molecule has 1 aromatic carbocycles. The van der Waals surface area contributed by atoms with Gasteiger partial charge in [-0.25, -0.2) is 4.79 Å². The Labute approximate surface area is 130 Å². The van der Waals surface area contributed by atoms with Gasteiger partial charge in [0.25, 0.3) is 0 Å². The van der Waals surface area contributed by atoms with Crippen molar-refractivity contribution in [1.29, 1.82) is 0 Å². The molecule has 0 aromatic heterocycles. The molecule has 1 heterocycles. The number of carbonyl (C=O) groups is 2. The van der Waals surface area contributed by atoms with Gasteiger partial charge in [0, 0.05) is 5.56 Å². The van der Waals surface area contributed by atoms with E-state index in [1.165, 1.54) is 13.2 Å². The first-order chi connectivity index (χ1) is 9.43. The maximum atomic E-state index is 12.1. The highest BCUT2D eigenvalue weighted by atomic mass is 35.5. The van der Waals surface area contributed by atoms with Crippen molar-refractivity contribution in [1.82, 2.24) is 0 Å². The van der Waals surface area contributed by atoms with Gasteiger partial charge in [0.15, 0.2) is 5.78 Å². The van der Waals surface area contributed by atoms with Crippen molar-refractivity contribution in [3.63, 3.8) is 0 Å². The molecule has 1 atom stereocenters. The molecule has 0 radical (unpaired) electrons. The van der Waals surface area contributed by atoms with Crippen molar-refractivity contribution < 1.29 is 19.1 Å². The minimum absolute atomic E-state index is 0.0472. The van der Waals surface area contributed by atoms with E-state index in [0.29, 0.717) is 16.3 Å². The van der Waals surface area contributed by atoms with E-state index in [-0.39, 0.29) is 22.3 Å². The topological polar surface area (TPSA) is 52.6 Å². The predicted molar refractivity (Wildman–Crippen MR) is 75.6 cm³/mol. The van der Waals surface area contributed by atoms with Gasteiger partial charge in [-0.05, 0) is 18.2 Å². The molecule has 0 amide bonds. The van der Waals surface area contributed by atoms with Gasteiger partial charge in [0.1, 0.15) is 16.9 Å². The zero-order valence-corrected chi connectivity index (χ0v) is 12.6. The van der Waals surface area contributed by atoms with E-state index < -0.39 is 12.1 Å². The zero-order valence-electron chi connectivity index (χ0n) is 10.3. The number of benzene rings is 1. The predicted octanol–water partition coefficient (Wildman–Crippen LogP) is 3.54. The maximum Gasteiger partial charge on any atom is 0.351 e. The molecular formula is C13H9Cl3O4. The van der Waals surface area contributed by atoms with E-state index in [0.717, 1.165) is 0 Å². The molecular weight excluding hydrogens is 326 g/mol. The Morgan fingerprint density at radius 1 is 1.35 bits per heavy atom. The lowest BCUT2D eigenvalue weighted by Gasteiger charge is -2.10. The van der Waals surface area contributed by atoms with Crippen LogP contribution in [0.25, 0.3) is 0 Å². The maximum absolute atomic E-state index is 12.1. The smallest absolute Gasteiger partial charge is 0.351 e. The van der Waals surface area contributed by atoms with Crippen molar-refractivity contribution in [3.05, 3.63) is 38.8 Å². The first-order valence-corrected chi connectivity index (χ1v) is 6.70. The highest BCUT2D eigenvalue weighted by molar-refractivity contribution is 6.48. The van der Waals surface area contributed by atoms with Crippen molar-refractivity contribution in [2.45, 2.75) is 12.5 Å². The molecule has 2 rings (SSSR count). The van der Waals surface area contributed by atoms with Crippen molar-refractivity contribution >= 4 is 46.6 Å². The van der Waals surface area contributed by atoms with Crippen LogP contribution in [0.1, 0.15) is 16.8 Å². The normalized spacial score (nSPS) is 18.2. The Balaban J connectivity index is 2.16. The quantitative estimate of drug-likeness (QED) is 0.624. The number of carbonyl (C=O) groups excluding carboxylic acids is 2. The van der Waals surface area contributed by atoms with Gasteiger partial charge in [0.05, 0.1) is 23.6 Å². The fourth-order valence-electron chi connectivity index (χ4n) is 1.72. The Hall–Kier alpha value is -1.23. The molecule has 0 spiro atoms. The molecule has 0 fully saturated rings. The van der Waals surface area contributed by atoms with E-state index >= 15 is 0 Å². The number of esters is 1. The van der Waals surface area contributed by atoms with Crippen LogP contribution in [0.3, 0.4) is 0 Å². The van der Waals surface area contributed by atoms with E-state index in [4.69, 9.17) is 44.3 Å². The average Bonchev–Trinajstić information content (AvgIpc) is 2.66. The summed E-state index contributed by atoms with van der Waals surface area (Å²) in [6, 6.07) is 4.63. The Morgan fingerprint density at radius 3 is 2.60 bits per heavy atom. The summed E-state index contributed by atoms with van der Waals surface area (Å²) >= 11 is 17.4. The van der Waals surface area contributed by atoms with Crippen LogP contribution < -0.4 is 4.74 Å². The number of cyclic esters (lactones) is 1. The molecule has 0 unspecified atom stereocenters. The van der Waals surface area contributed by atoms with E-state index in [1.807, 2.05) is 0 Å². The summed E-state index contributed by atoms with van der Waals surface area (Å²) in [6.07, 6.45) is -0.934. The second-order valence-electron chi connectivity index (χ2n) is 4.03. The highest BCUT2D eigenvalue weighted by Gasteiger charge is 2.33. The monoisotopic (exact) mass is 334 g/mol. The number of Topliss-reactive ketones (excluding diaryl/α,β-unsaturated/α-hetero) is 1. The van der Waals surface area contributed by atoms with Gasteiger partial charge in [0.2, 0.25) is 0 Å². The van der Waals surface area contributed by atoms with Gasteiger partial charge in [-0.2, -0.15) is 0 Å². The first kappa shape index (κ1) is 15.2. The number of rotatable bonds is 4. The summed E-state index contributed by atoms with van der Waals surface area (Å²) in [5.74, 6) is -0.592. The van der Waals surface area contributed by atoms with Crippen LogP contribution in [0.15, 0.2) is 28.3 Å². The van der Waals surface area contributed by atoms with Crippen molar-refractivity contribution in [2.75, 3.05) is 7.11 Å². The molecule has 0 saturated carbocycles. The fraction of sp³-hybridized carbons (Fsp3) is 0.231. The van der Waals surface area contributed by atoms with Crippen LogP contribution >= 0.6 is 34.8 Å². The first-order valence-electron chi connectivity index (χ1n) is 5.57. The fourth-order valence-corrected chi connectivity index (χ4v) is 2.28. The number of hydrogen-bond donors (Lipinski definition) is 0. The molecule has 20 heavy (non-hydrogen) atoms. The average molecular weight is 336 g/mol. The van der Waals surface area contributed by atoms with Crippen LogP contribution in [0.2, 0.25) is 5.02 Å². The second-order valence-corrected chi connectivity index (χ2v) is 5.22. The summed E-state index contributed by atoms with van der Waals surface area (Å²) in [7, 11) is 1.45. The van der Waals surface area contributed by atoms with Crippen molar-refractivity contribution in [3.8, 4) is 5.75 Å². The third-order valence-corrected chi connectivity index (χ3v) is 3.96. The minimum atomic E-state index is -0.842. The van der Waals surface area contributed by atoms with Crippen LogP contribution in [-0.2, 0) is 9.53 Å². The van der Waals surface area contributed by atoms with Gasteiger partial charge in [-0.1, -0.05) is 34.8 Å².